The second kappa shape index (κ2) is 11.7. The number of hydrogen-bond acceptors (Lipinski definition) is 6. The summed E-state index contributed by atoms with van der Waals surface area (Å²) in [7, 11) is 1.38. The number of benzene rings is 1. The molecule has 13 heteroatoms. The molecule has 0 saturated heterocycles. The van der Waals surface area contributed by atoms with Crippen LogP contribution in [-0.2, 0) is 20.1 Å². The molecule has 3 rings (SSSR count). The van der Waals surface area contributed by atoms with Crippen molar-refractivity contribution in [2.75, 3.05) is 6.61 Å². The maximum Gasteiger partial charge on any atom is 0.573 e. The normalized spacial score (nSPS) is 13.6. The number of allylic oxidation sites excluding steroid dienone is 4. The van der Waals surface area contributed by atoms with Gasteiger partial charge in [-0.1, -0.05) is 29.7 Å². The molecule has 0 radical (unpaired) electrons. The highest BCUT2D eigenvalue weighted by atomic mass is 35.5. The summed E-state index contributed by atoms with van der Waals surface area (Å²) < 4.78 is 45.5. The summed E-state index contributed by atoms with van der Waals surface area (Å²) in [5, 5.41) is 20.8. The van der Waals surface area contributed by atoms with Crippen molar-refractivity contribution < 1.29 is 28.1 Å². The molecule has 1 aromatic carbocycles. The van der Waals surface area contributed by atoms with E-state index in [-0.39, 0.29) is 48.7 Å². The van der Waals surface area contributed by atoms with Gasteiger partial charge in [0.1, 0.15) is 17.7 Å². The molecule has 0 amide bonds. The molecule has 0 bridgehead atoms. The maximum atomic E-state index is 13.4. The minimum absolute atomic E-state index is 0.0170. The highest BCUT2D eigenvalue weighted by Gasteiger charge is 2.32. The number of nitrogens with zero attached hydrogens (tertiary/aromatic N) is 4. The first-order valence-electron chi connectivity index (χ1n) is 11.2. The molecule has 0 spiro atoms. The number of rotatable bonds is 9. The molecule has 2 N–H and O–H groups in total. The van der Waals surface area contributed by atoms with E-state index in [2.05, 4.69) is 15.6 Å². The van der Waals surface area contributed by atoms with E-state index in [1.807, 2.05) is 0 Å². The molecule has 0 aliphatic heterocycles. The summed E-state index contributed by atoms with van der Waals surface area (Å²) in [5.41, 5.74) is -1.28. The van der Waals surface area contributed by atoms with Crippen LogP contribution in [0.15, 0.2) is 56.6 Å². The average molecular weight is 553 g/mol. The molecule has 0 aliphatic rings. The second-order valence-corrected chi connectivity index (χ2v) is 8.81. The molecule has 0 aliphatic carbocycles. The molecule has 1 unspecified atom stereocenters. The molecule has 3 aromatic rings. The Bertz CT molecular complexity index is 1560. The SMILES string of the molecule is C#C/C(=C\C=C(/C)Cl)Cn1c(C(O)c2cccc(OC(F)(F)F)c2)nc2c1c(=O)n(CCCO)c(=O)n2C. The number of terminal acetylenes is 1. The number of alkyl halides is 3. The van der Waals surface area contributed by atoms with E-state index in [1.165, 1.54) is 35.9 Å². The van der Waals surface area contributed by atoms with Crippen LogP contribution in [-0.4, -0.2) is 41.9 Å². The van der Waals surface area contributed by atoms with Gasteiger partial charge >= 0.3 is 12.1 Å². The number of aliphatic hydroxyl groups excluding tert-OH is 2. The largest absolute Gasteiger partial charge is 0.573 e. The Balaban J connectivity index is 2.29. The number of fused-ring (bicyclic) bond motifs is 1. The van der Waals surface area contributed by atoms with E-state index >= 15 is 0 Å². The van der Waals surface area contributed by atoms with Crippen molar-refractivity contribution in [2.24, 2.45) is 7.05 Å². The highest BCUT2D eigenvalue weighted by Crippen LogP contribution is 2.29. The van der Waals surface area contributed by atoms with Crippen molar-refractivity contribution in [2.45, 2.75) is 38.9 Å². The van der Waals surface area contributed by atoms with Gasteiger partial charge in [-0.15, -0.1) is 19.6 Å². The predicted octanol–water partition coefficient (Wildman–Crippen LogP) is 2.96. The van der Waals surface area contributed by atoms with Gasteiger partial charge in [0.25, 0.3) is 5.56 Å². The number of hydrogen-bond donors (Lipinski definition) is 2. The third-order valence-corrected chi connectivity index (χ3v) is 5.61. The van der Waals surface area contributed by atoms with Crippen molar-refractivity contribution in [1.82, 2.24) is 18.7 Å². The van der Waals surface area contributed by atoms with Gasteiger partial charge in [-0.3, -0.25) is 13.9 Å². The summed E-state index contributed by atoms with van der Waals surface area (Å²) >= 11 is 5.90. The van der Waals surface area contributed by atoms with Gasteiger partial charge < -0.3 is 19.5 Å². The lowest BCUT2D eigenvalue weighted by Crippen LogP contribution is -2.40. The zero-order chi connectivity index (χ0) is 28.2. The van der Waals surface area contributed by atoms with Crippen LogP contribution in [0.5, 0.6) is 5.75 Å². The Labute approximate surface area is 219 Å². The third-order valence-electron chi connectivity index (χ3n) is 5.48. The van der Waals surface area contributed by atoms with Crippen LogP contribution in [0.3, 0.4) is 0 Å². The fourth-order valence-corrected chi connectivity index (χ4v) is 3.81. The Morgan fingerprint density at radius 2 is 2.00 bits per heavy atom. The van der Waals surface area contributed by atoms with Gasteiger partial charge in [0.15, 0.2) is 11.2 Å². The van der Waals surface area contributed by atoms with Crippen molar-refractivity contribution in [3.05, 3.63) is 79.2 Å². The Hall–Kier alpha value is -3.79. The lowest BCUT2D eigenvalue weighted by Gasteiger charge is -2.16. The number of halogens is 4. The third kappa shape index (κ3) is 6.36. The van der Waals surface area contributed by atoms with Gasteiger partial charge in [-0.2, -0.15) is 0 Å². The van der Waals surface area contributed by atoms with Gasteiger partial charge in [0, 0.05) is 30.8 Å². The first-order chi connectivity index (χ1) is 17.9. The first-order valence-corrected chi connectivity index (χ1v) is 11.6. The van der Waals surface area contributed by atoms with E-state index in [0.29, 0.717) is 10.6 Å². The van der Waals surface area contributed by atoms with Crippen LogP contribution in [0, 0.1) is 12.3 Å². The van der Waals surface area contributed by atoms with Crippen molar-refractivity contribution in [3.63, 3.8) is 0 Å². The lowest BCUT2D eigenvalue weighted by atomic mass is 10.1. The van der Waals surface area contributed by atoms with Crippen LogP contribution in [0.2, 0.25) is 0 Å². The van der Waals surface area contributed by atoms with Crippen molar-refractivity contribution in [1.29, 1.82) is 0 Å². The number of aromatic nitrogens is 4. The molecular formula is C25H24ClF3N4O5. The molecule has 2 heterocycles. The van der Waals surface area contributed by atoms with E-state index in [4.69, 9.17) is 18.0 Å². The molecular weight excluding hydrogens is 529 g/mol. The minimum Gasteiger partial charge on any atom is -0.406 e. The summed E-state index contributed by atoms with van der Waals surface area (Å²) in [6.45, 7) is 1.12. The number of aryl methyl sites for hydroxylation is 1. The standard InChI is InChI=1S/C25H24ClF3N4O5/c1-4-16(10-9-15(2)26)14-33-19-21(31(3)24(37)32(23(19)36)11-6-12-34)30-22(33)20(35)17-7-5-8-18(13-17)38-25(27,28)29/h1,5,7-10,13,20,34-35H,6,11-12,14H2,2-3H3/b15-9+,16-10+. The zero-order valence-electron chi connectivity index (χ0n) is 20.4. The molecule has 38 heavy (non-hydrogen) atoms. The lowest BCUT2D eigenvalue weighted by molar-refractivity contribution is -0.274. The molecule has 202 valence electrons. The molecule has 0 fully saturated rings. The Morgan fingerprint density at radius 1 is 1.29 bits per heavy atom. The number of ether oxygens (including phenoxy) is 1. The van der Waals surface area contributed by atoms with Crippen molar-refractivity contribution in [3.8, 4) is 18.1 Å². The van der Waals surface area contributed by atoms with E-state index in [9.17, 15) is 33.0 Å². The maximum absolute atomic E-state index is 13.4. The molecule has 9 nitrogen and oxygen atoms in total. The monoisotopic (exact) mass is 552 g/mol. The molecule has 0 saturated carbocycles. The topological polar surface area (TPSA) is 112 Å². The predicted molar refractivity (Wildman–Crippen MR) is 135 cm³/mol. The van der Waals surface area contributed by atoms with Crippen LogP contribution in [0.1, 0.15) is 30.8 Å². The zero-order valence-corrected chi connectivity index (χ0v) is 21.1. The van der Waals surface area contributed by atoms with Gasteiger partial charge in [0.05, 0.1) is 6.54 Å². The van der Waals surface area contributed by atoms with Crippen LogP contribution in [0.25, 0.3) is 11.2 Å². The summed E-state index contributed by atoms with van der Waals surface area (Å²) in [5.74, 6) is 1.75. The summed E-state index contributed by atoms with van der Waals surface area (Å²) in [6, 6.07) is 4.66. The first kappa shape index (κ1) is 28.8. The van der Waals surface area contributed by atoms with Crippen LogP contribution < -0.4 is 16.0 Å². The smallest absolute Gasteiger partial charge is 0.406 e. The number of aliphatic hydroxyl groups is 2. The van der Waals surface area contributed by atoms with Crippen LogP contribution in [0.4, 0.5) is 13.2 Å². The Morgan fingerprint density at radius 3 is 2.61 bits per heavy atom. The highest BCUT2D eigenvalue weighted by molar-refractivity contribution is 6.29. The van der Waals surface area contributed by atoms with E-state index < -0.39 is 29.5 Å². The quantitative estimate of drug-likeness (QED) is 0.312. The molecule has 2 aromatic heterocycles. The fraction of sp³-hybridized carbons (Fsp3) is 0.320. The van der Waals surface area contributed by atoms with Crippen LogP contribution >= 0.6 is 11.6 Å². The average Bonchev–Trinajstić information content (AvgIpc) is 3.23. The number of imidazole rings is 1. The van der Waals surface area contributed by atoms with Gasteiger partial charge in [0.2, 0.25) is 0 Å². The molecule has 1 atom stereocenters. The summed E-state index contributed by atoms with van der Waals surface area (Å²) in [4.78, 5) is 30.6. The summed E-state index contributed by atoms with van der Waals surface area (Å²) in [6.07, 6.45) is 2.24. The second-order valence-electron chi connectivity index (χ2n) is 8.22. The van der Waals surface area contributed by atoms with E-state index in [0.717, 1.165) is 21.3 Å². The fourth-order valence-electron chi connectivity index (χ4n) is 3.75. The van der Waals surface area contributed by atoms with Gasteiger partial charge in [-0.05, 0) is 43.2 Å². The Kier molecular flexibility index (Phi) is 8.88. The van der Waals surface area contributed by atoms with E-state index in [1.54, 1.807) is 6.92 Å². The van der Waals surface area contributed by atoms with Gasteiger partial charge in [-0.25, -0.2) is 9.78 Å². The minimum atomic E-state index is -4.95. The van der Waals surface area contributed by atoms with Crippen molar-refractivity contribution >= 4 is 22.8 Å².